The summed E-state index contributed by atoms with van der Waals surface area (Å²) >= 11 is 5.73. The third-order valence-electron chi connectivity index (χ3n) is 3.52. The molecule has 0 aliphatic rings. The zero-order valence-electron chi connectivity index (χ0n) is 14.0. The van der Waals surface area contributed by atoms with Crippen LogP contribution in [0.1, 0.15) is 11.1 Å². The number of rotatable bonds is 5. The van der Waals surface area contributed by atoms with Gasteiger partial charge < -0.3 is 10.6 Å². The highest BCUT2D eigenvalue weighted by Gasteiger charge is 2.15. The number of aryl methyl sites for hydroxylation is 2. The molecule has 0 bridgehead atoms. The van der Waals surface area contributed by atoms with Crippen LogP contribution in [0.5, 0.6) is 0 Å². The van der Waals surface area contributed by atoms with Crippen LogP contribution in [0.4, 0.5) is 17.1 Å². The number of hydrogen-bond acceptors (Lipinski definition) is 5. The van der Waals surface area contributed by atoms with Gasteiger partial charge in [-0.1, -0.05) is 29.3 Å². The van der Waals surface area contributed by atoms with Crippen molar-refractivity contribution < 1.29 is 9.72 Å². The number of anilines is 2. The number of hydrogen-bond donors (Lipinski definition) is 2. The number of nitriles is 1. The van der Waals surface area contributed by atoms with Gasteiger partial charge in [0.05, 0.1) is 4.92 Å². The van der Waals surface area contributed by atoms with Gasteiger partial charge in [-0.2, -0.15) is 5.26 Å². The molecule has 26 heavy (non-hydrogen) atoms. The summed E-state index contributed by atoms with van der Waals surface area (Å²) in [6.45, 7) is 3.87. The maximum Gasteiger partial charge on any atom is 0.289 e. The van der Waals surface area contributed by atoms with Gasteiger partial charge in [0.1, 0.15) is 16.7 Å². The van der Waals surface area contributed by atoms with Crippen molar-refractivity contribution in [3.05, 3.63) is 74.4 Å². The molecule has 8 heteroatoms. The molecule has 0 unspecified atom stereocenters. The normalized spacial score (nSPS) is 10.8. The minimum absolute atomic E-state index is 0.0411. The van der Waals surface area contributed by atoms with E-state index in [1.807, 2.05) is 32.0 Å². The smallest absolute Gasteiger partial charge is 0.289 e. The lowest BCUT2D eigenvalue weighted by atomic mass is 10.1. The molecule has 0 aromatic heterocycles. The van der Waals surface area contributed by atoms with Crippen molar-refractivity contribution in [2.45, 2.75) is 13.8 Å². The second-order valence-corrected chi connectivity index (χ2v) is 5.92. The fourth-order valence-corrected chi connectivity index (χ4v) is 2.39. The van der Waals surface area contributed by atoms with Crippen LogP contribution in [0.15, 0.2) is 48.2 Å². The number of nitrogens with one attached hydrogen (secondary N) is 2. The molecule has 0 aliphatic heterocycles. The number of carbonyl (C=O) groups is 1. The molecule has 0 saturated heterocycles. The average molecular weight is 371 g/mol. The molecular formula is C18H15ClN4O3. The fourth-order valence-electron chi connectivity index (χ4n) is 2.20. The monoisotopic (exact) mass is 370 g/mol. The van der Waals surface area contributed by atoms with Crippen molar-refractivity contribution in [1.82, 2.24) is 0 Å². The Labute approximate surface area is 155 Å². The second kappa shape index (κ2) is 8.14. The predicted octanol–water partition coefficient (Wildman–Crippen LogP) is 4.32. The maximum atomic E-state index is 12.2. The SMILES string of the molecule is Cc1ccc(N/C=C(/C#N)C(=O)Nc2ccc(Cl)c([N+](=O)[O-])c2)c(C)c1. The van der Waals surface area contributed by atoms with Gasteiger partial charge in [-0.15, -0.1) is 0 Å². The Bertz CT molecular complexity index is 948. The molecule has 2 N–H and O–H groups in total. The van der Waals surface area contributed by atoms with Gasteiger partial charge in [0.15, 0.2) is 0 Å². The number of amides is 1. The Morgan fingerprint density at radius 3 is 2.62 bits per heavy atom. The molecule has 0 saturated carbocycles. The minimum atomic E-state index is -0.693. The minimum Gasteiger partial charge on any atom is -0.360 e. The summed E-state index contributed by atoms with van der Waals surface area (Å²) in [5.41, 5.74) is 2.48. The molecule has 132 valence electrons. The number of nitrogens with zero attached hydrogens (tertiary/aromatic N) is 2. The Morgan fingerprint density at radius 1 is 1.27 bits per heavy atom. The summed E-state index contributed by atoms with van der Waals surface area (Å²) in [6, 6.07) is 11.4. The number of halogens is 1. The topological polar surface area (TPSA) is 108 Å². The van der Waals surface area contributed by atoms with Gasteiger partial charge in [-0.3, -0.25) is 14.9 Å². The molecule has 2 rings (SSSR count). The van der Waals surface area contributed by atoms with Crippen molar-refractivity contribution in [2.75, 3.05) is 10.6 Å². The highest BCUT2D eigenvalue weighted by molar-refractivity contribution is 6.32. The van der Waals surface area contributed by atoms with E-state index in [0.717, 1.165) is 22.9 Å². The van der Waals surface area contributed by atoms with Crippen molar-refractivity contribution in [1.29, 1.82) is 5.26 Å². The van der Waals surface area contributed by atoms with Crippen LogP contribution >= 0.6 is 11.6 Å². The van der Waals surface area contributed by atoms with Gasteiger partial charge in [0.25, 0.3) is 11.6 Å². The van der Waals surface area contributed by atoms with Crippen molar-refractivity contribution in [2.24, 2.45) is 0 Å². The molecule has 1 amide bonds. The lowest BCUT2D eigenvalue weighted by Crippen LogP contribution is -2.14. The van der Waals surface area contributed by atoms with E-state index < -0.39 is 10.8 Å². The van der Waals surface area contributed by atoms with Crippen LogP contribution in [0, 0.1) is 35.3 Å². The standard InChI is InChI=1S/C18H15ClN4O3/c1-11-3-6-16(12(2)7-11)21-10-13(9-20)18(24)22-14-4-5-15(19)17(8-14)23(25)26/h3-8,10,21H,1-2H3,(H,22,24)/b13-10-. The first-order valence-corrected chi connectivity index (χ1v) is 7.89. The van der Waals surface area contributed by atoms with Crippen molar-refractivity contribution in [3.8, 4) is 6.07 Å². The highest BCUT2D eigenvalue weighted by atomic mass is 35.5. The number of benzene rings is 2. The van der Waals surface area contributed by atoms with Gasteiger partial charge >= 0.3 is 0 Å². The summed E-state index contributed by atoms with van der Waals surface area (Å²) in [4.78, 5) is 22.5. The van der Waals surface area contributed by atoms with Gasteiger partial charge in [0, 0.05) is 23.6 Å². The Kier molecular flexibility index (Phi) is 5.94. The van der Waals surface area contributed by atoms with E-state index in [1.165, 1.54) is 18.3 Å². The number of nitro benzene ring substituents is 1. The lowest BCUT2D eigenvalue weighted by molar-refractivity contribution is -0.384. The predicted molar refractivity (Wildman–Crippen MR) is 100.0 cm³/mol. The summed E-state index contributed by atoms with van der Waals surface area (Å²) in [6.07, 6.45) is 1.29. The maximum absolute atomic E-state index is 12.2. The third-order valence-corrected chi connectivity index (χ3v) is 3.84. The molecule has 0 heterocycles. The van der Waals surface area contributed by atoms with Gasteiger partial charge in [-0.25, -0.2) is 0 Å². The first-order chi connectivity index (χ1) is 12.3. The Hall–Kier alpha value is -3.37. The molecule has 0 radical (unpaired) electrons. The van der Waals surface area contributed by atoms with Crippen LogP contribution in [-0.4, -0.2) is 10.8 Å². The van der Waals surface area contributed by atoms with Crippen LogP contribution in [0.3, 0.4) is 0 Å². The van der Waals surface area contributed by atoms with Crippen LogP contribution in [-0.2, 0) is 4.79 Å². The van der Waals surface area contributed by atoms with E-state index in [0.29, 0.717) is 0 Å². The second-order valence-electron chi connectivity index (χ2n) is 5.51. The fraction of sp³-hybridized carbons (Fsp3) is 0.111. The highest BCUT2D eigenvalue weighted by Crippen LogP contribution is 2.27. The lowest BCUT2D eigenvalue weighted by Gasteiger charge is -2.08. The van der Waals surface area contributed by atoms with Crippen molar-refractivity contribution in [3.63, 3.8) is 0 Å². The molecule has 0 fully saturated rings. The molecule has 2 aromatic rings. The molecular weight excluding hydrogens is 356 g/mol. The van der Waals surface area contributed by atoms with E-state index in [9.17, 15) is 20.2 Å². The summed E-state index contributed by atoms with van der Waals surface area (Å²) in [7, 11) is 0. The van der Waals surface area contributed by atoms with E-state index >= 15 is 0 Å². The Balaban J connectivity index is 2.17. The average Bonchev–Trinajstić information content (AvgIpc) is 2.58. The van der Waals surface area contributed by atoms with Crippen molar-refractivity contribution >= 4 is 34.6 Å². The largest absolute Gasteiger partial charge is 0.360 e. The van der Waals surface area contributed by atoms with Crippen LogP contribution in [0.25, 0.3) is 0 Å². The van der Waals surface area contributed by atoms with E-state index in [4.69, 9.17) is 11.6 Å². The summed E-state index contributed by atoms with van der Waals surface area (Å²) < 4.78 is 0. The van der Waals surface area contributed by atoms with Crippen LogP contribution < -0.4 is 10.6 Å². The molecule has 0 aliphatic carbocycles. The van der Waals surface area contributed by atoms with Crippen LogP contribution in [0.2, 0.25) is 5.02 Å². The van der Waals surface area contributed by atoms with E-state index in [1.54, 1.807) is 6.07 Å². The van der Waals surface area contributed by atoms with Gasteiger partial charge in [-0.05, 0) is 37.6 Å². The van der Waals surface area contributed by atoms with E-state index in [2.05, 4.69) is 10.6 Å². The quantitative estimate of drug-likeness (QED) is 0.352. The first-order valence-electron chi connectivity index (χ1n) is 7.51. The molecule has 7 nitrogen and oxygen atoms in total. The zero-order valence-corrected chi connectivity index (χ0v) is 14.8. The third kappa shape index (κ3) is 4.59. The van der Waals surface area contributed by atoms with E-state index in [-0.39, 0.29) is 22.0 Å². The molecule has 0 spiro atoms. The molecule has 2 aromatic carbocycles. The zero-order chi connectivity index (χ0) is 19.3. The first kappa shape index (κ1) is 19.0. The molecule has 0 atom stereocenters. The summed E-state index contributed by atoms with van der Waals surface area (Å²) in [5, 5.41) is 25.4. The summed E-state index contributed by atoms with van der Waals surface area (Å²) in [5.74, 6) is -0.693. The van der Waals surface area contributed by atoms with Gasteiger partial charge in [0.2, 0.25) is 0 Å². The Morgan fingerprint density at radius 2 is 2.00 bits per heavy atom. The number of nitro groups is 1. The number of carbonyl (C=O) groups excluding carboxylic acids is 1.